The molecule has 11 nitrogen and oxygen atoms in total. The Labute approximate surface area is 252 Å². The summed E-state index contributed by atoms with van der Waals surface area (Å²) in [5, 5.41) is -0.128. The minimum atomic E-state index is -4.78. The van der Waals surface area contributed by atoms with Crippen molar-refractivity contribution in [3.8, 4) is 11.5 Å². The van der Waals surface area contributed by atoms with Crippen LogP contribution in [0, 0.1) is 0 Å². The third-order valence-corrected chi connectivity index (χ3v) is 11.5. The zero-order chi connectivity index (χ0) is 31.0. The summed E-state index contributed by atoms with van der Waals surface area (Å²) in [6, 6.07) is 11.1. The maximum atomic E-state index is 13.6. The first kappa shape index (κ1) is 30.5. The monoisotopic (exact) mass is 710 g/mol. The minimum Gasteiger partial charge on any atom is -0.426 e. The predicted molar refractivity (Wildman–Crippen MR) is 155 cm³/mol. The van der Waals surface area contributed by atoms with Crippen LogP contribution in [0.25, 0.3) is 32.3 Å². The van der Waals surface area contributed by atoms with Gasteiger partial charge in [0.15, 0.2) is 0 Å². The highest BCUT2D eigenvalue weighted by Gasteiger charge is 2.30. The molecule has 0 amide bonds. The predicted octanol–water partition coefficient (Wildman–Crippen LogP) is 5.06. The zero-order valence-corrected chi connectivity index (χ0v) is 26.1. The first-order valence-corrected chi connectivity index (χ1v) is 19.5. The molecule has 0 N–H and O–H groups in total. The summed E-state index contributed by atoms with van der Waals surface area (Å²) >= 11 is 0. The fourth-order valence-corrected chi connectivity index (χ4v) is 8.68. The second kappa shape index (κ2) is 10.1. The van der Waals surface area contributed by atoms with E-state index in [2.05, 4.69) is 0 Å². The van der Waals surface area contributed by atoms with Gasteiger partial charge in [-0.15, -0.1) is 0 Å². The molecule has 5 aromatic rings. The summed E-state index contributed by atoms with van der Waals surface area (Å²) in [6.07, 6.45) is 0. The molecule has 0 heterocycles. The molecule has 0 aliphatic carbocycles. The van der Waals surface area contributed by atoms with Crippen molar-refractivity contribution in [2.24, 2.45) is 0 Å². The van der Waals surface area contributed by atoms with Gasteiger partial charge in [-0.05, 0) is 36.4 Å². The maximum Gasteiger partial charge on any atom is 0.339 e. The lowest BCUT2D eigenvalue weighted by molar-refractivity contribution is -0.131. The summed E-state index contributed by atoms with van der Waals surface area (Å²) in [5.41, 5.74) is 0. The Kier molecular flexibility index (Phi) is 7.33. The molecule has 0 saturated heterocycles. The number of hydrogen-bond acceptors (Lipinski definition) is 11. The van der Waals surface area contributed by atoms with Crippen LogP contribution in [0.2, 0.25) is 0 Å². The molecule has 220 valence electrons. The maximum absolute atomic E-state index is 13.6. The SMILES string of the molecule is CC(=O)Oc1cc(S(=O)(=O)Oc2ccc(S(=O)(=O)Cl)cc2)c2ccc3c(S(=O)(=O)Cl)cc(S(=O)(=O)Cl)c4ccc1c2c43. The fourth-order valence-electron chi connectivity index (χ4n) is 4.54. The number of rotatable bonds is 7. The Bertz CT molecular complexity index is 2350. The Morgan fingerprint density at radius 3 is 1.50 bits per heavy atom. The van der Waals surface area contributed by atoms with Gasteiger partial charge in [-0.2, -0.15) is 8.42 Å². The van der Waals surface area contributed by atoms with Gasteiger partial charge < -0.3 is 8.92 Å². The van der Waals surface area contributed by atoms with E-state index < -0.39 is 57.9 Å². The van der Waals surface area contributed by atoms with Crippen LogP contribution in [0.5, 0.6) is 11.5 Å². The van der Waals surface area contributed by atoms with E-state index in [-0.39, 0.29) is 48.7 Å². The lowest BCUT2D eigenvalue weighted by Gasteiger charge is -2.19. The van der Waals surface area contributed by atoms with Crippen LogP contribution in [0.4, 0.5) is 0 Å². The van der Waals surface area contributed by atoms with Crippen LogP contribution in [0.1, 0.15) is 6.92 Å². The Hall–Kier alpha value is -2.92. The van der Waals surface area contributed by atoms with Gasteiger partial charge in [0.2, 0.25) is 0 Å². The average molecular weight is 712 g/mol. The van der Waals surface area contributed by atoms with Crippen molar-refractivity contribution in [2.75, 3.05) is 0 Å². The zero-order valence-electron chi connectivity index (χ0n) is 20.5. The average Bonchev–Trinajstić information content (AvgIpc) is 2.85. The summed E-state index contributed by atoms with van der Waals surface area (Å²) in [4.78, 5) is 9.86. The van der Waals surface area contributed by atoms with E-state index in [1.165, 1.54) is 24.3 Å². The molecule has 18 heteroatoms. The number of hydrogen-bond donors (Lipinski definition) is 0. The third kappa shape index (κ3) is 5.45. The van der Waals surface area contributed by atoms with Crippen molar-refractivity contribution in [3.05, 3.63) is 60.7 Å². The number of carbonyl (C=O) groups is 1. The molecule has 42 heavy (non-hydrogen) atoms. The van der Waals surface area contributed by atoms with E-state index in [0.29, 0.717) is 0 Å². The van der Waals surface area contributed by atoms with Crippen molar-refractivity contribution in [3.63, 3.8) is 0 Å². The molecule has 0 saturated carbocycles. The van der Waals surface area contributed by atoms with Crippen molar-refractivity contribution >= 4 is 108 Å². The molecule has 0 spiro atoms. The number of benzene rings is 5. The summed E-state index contributed by atoms with van der Waals surface area (Å²) < 4.78 is 111. The Morgan fingerprint density at radius 2 is 1.05 bits per heavy atom. The summed E-state index contributed by atoms with van der Waals surface area (Å²) in [7, 11) is -1.44. The first-order chi connectivity index (χ1) is 19.3. The van der Waals surface area contributed by atoms with Crippen molar-refractivity contribution in [1.29, 1.82) is 0 Å². The second-order valence-electron chi connectivity index (χ2n) is 8.73. The van der Waals surface area contributed by atoms with E-state index in [1.807, 2.05) is 0 Å². The Morgan fingerprint density at radius 1 is 0.595 bits per heavy atom. The van der Waals surface area contributed by atoms with Gasteiger partial charge in [-0.25, -0.2) is 25.3 Å². The molecule has 0 bridgehead atoms. The topological polar surface area (TPSA) is 172 Å². The largest absolute Gasteiger partial charge is 0.426 e. The standard InChI is InChI=1S/C24H13Cl3O11S4/c1-12(28)37-19-10-22(42(35,36)38-13-2-4-14(5-3-13)39(25,29)30)18-9-8-17-21(41(27,33)34)11-20(40(26,31)32)16-7-6-15(19)23(18)24(16)17/h2-11H,1H3. The van der Waals surface area contributed by atoms with E-state index >= 15 is 0 Å². The number of esters is 1. The molecular formula is C24H13Cl3O11S4. The highest BCUT2D eigenvalue weighted by atomic mass is 35.7. The van der Waals surface area contributed by atoms with E-state index in [1.54, 1.807) is 0 Å². The van der Waals surface area contributed by atoms with Crippen LogP contribution < -0.4 is 8.92 Å². The molecular weight excluding hydrogens is 699 g/mol. The summed E-state index contributed by atoms with van der Waals surface area (Å²) in [6.45, 7) is 1.06. The van der Waals surface area contributed by atoms with Gasteiger partial charge in [0.25, 0.3) is 27.2 Å². The number of carbonyl (C=O) groups excluding carboxylic acids is 1. The van der Waals surface area contributed by atoms with Gasteiger partial charge in [-0.1, -0.05) is 18.2 Å². The molecule has 0 unspecified atom stereocenters. The van der Waals surface area contributed by atoms with Crippen molar-refractivity contribution in [1.82, 2.24) is 0 Å². The molecule has 0 fully saturated rings. The molecule has 0 radical (unpaired) electrons. The van der Waals surface area contributed by atoms with Crippen LogP contribution in [0.3, 0.4) is 0 Å². The van der Waals surface area contributed by atoms with Crippen LogP contribution in [-0.4, -0.2) is 39.6 Å². The third-order valence-electron chi connectivity index (χ3n) is 6.11. The molecule has 5 aromatic carbocycles. The van der Waals surface area contributed by atoms with Gasteiger partial charge in [0.1, 0.15) is 16.4 Å². The lowest BCUT2D eigenvalue weighted by atomic mass is 9.93. The molecule has 0 aliphatic rings. The Balaban J connectivity index is 1.90. The van der Waals surface area contributed by atoms with Crippen molar-refractivity contribution < 1.29 is 47.4 Å². The normalized spacial score (nSPS) is 13.1. The highest BCUT2D eigenvalue weighted by Crippen LogP contribution is 2.46. The first-order valence-electron chi connectivity index (χ1n) is 11.1. The highest BCUT2D eigenvalue weighted by molar-refractivity contribution is 8.14. The van der Waals surface area contributed by atoms with Crippen LogP contribution in [-0.2, 0) is 42.1 Å². The molecule has 0 aromatic heterocycles. The minimum absolute atomic E-state index is 0.00163. The summed E-state index contributed by atoms with van der Waals surface area (Å²) in [5.74, 6) is -1.41. The van der Waals surface area contributed by atoms with Crippen LogP contribution in [0.15, 0.2) is 80.2 Å². The lowest BCUT2D eigenvalue weighted by Crippen LogP contribution is -2.12. The van der Waals surface area contributed by atoms with Gasteiger partial charge in [0, 0.05) is 77.4 Å². The van der Waals surface area contributed by atoms with Gasteiger partial charge in [-0.3, -0.25) is 4.79 Å². The number of ether oxygens (including phenoxy) is 1. The van der Waals surface area contributed by atoms with Crippen LogP contribution >= 0.6 is 32.0 Å². The quantitative estimate of drug-likeness (QED) is 0.0726. The number of halogens is 3. The second-order valence-corrected chi connectivity index (χ2v) is 17.9. The van der Waals surface area contributed by atoms with Gasteiger partial charge in [0.05, 0.1) is 14.7 Å². The van der Waals surface area contributed by atoms with Gasteiger partial charge >= 0.3 is 16.1 Å². The van der Waals surface area contributed by atoms with E-state index in [4.69, 9.17) is 41.0 Å². The van der Waals surface area contributed by atoms with Crippen molar-refractivity contribution in [2.45, 2.75) is 26.5 Å². The molecule has 5 rings (SSSR count). The smallest absolute Gasteiger partial charge is 0.339 e. The van der Waals surface area contributed by atoms with E-state index in [9.17, 15) is 38.5 Å². The molecule has 0 aliphatic heterocycles. The molecule has 0 atom stereocenters. The fraction of sp³-hybridized carbons (Fsp3) is 0.0417. The van der Waals surface area contributed by atoms with E-state index in [0.717, 1.165) is 43.3 Å².